The Balaban J connectivity index is 1.29. The summed E-state index contributed by atoms with van der Waals surface area (Å²) in [7, 11) is 0. The van der Waals surface area contributed by atoms with E-state index in [-0.39, 0.29) is 0 Å². The van der Waals surface area contributed by atoms with Gasteiger partial charge < -0.3 is 0 Å². The van der Waals surface area contributed by atoms with Gasteiger partial charge in [-0.05, 0) is 12.1 Å². The monoisotopic (exact) mass is 597 g/mol. The average molecular weight is 598 g/mol. The maximum absolute atomic E-state index is 5.05. The van der Waals surface area contributed by atoms with Crippen molar-refractivity contribution in [2.24, 2.45) is 0 Å². The third-order valence-electron chi connectivity index (χ3n) is 8.16. The normalized spacial score (nSPS) is 11.6. The Bertz CT molecular complexity index is 2440. The summed E-state index contributed by atoms with van der Waals surface area (Å²) in [6, 6.07) is 48.9. The number of benzene rings is 6. The largest absolute Gasteiger partial charge is 0.208 e. The number of nitrogens with zero attached hydrogens (tertiary/aromatic N) is 3. The van der Waals surface area contributed by atoms with Crippen LogP contribution in [0.1, 0.15) is 0 Å². The van der Waals surface area contributed by atoms with Crippen LogP contribution in [0.3, 0.4) is 0 Å². The number of hydrogen-bond acceptors (Lipinski definition) is 5. The van der Waals surface area contributed by atoms with Crippen molar-refractivity contribution >= 4 is 63.0 Å². The van der Waals surface area contributed by atoms with Gasteiger partial charge in [0.05, 0.1) is 0 Å². The van der Waals surface area contributed by atoms with Gasteiger partial charge >= 0.3 is 0 Å². The van der Waals surface area contributed by atoms with Crippen molar-refractivity contribution in [1.29, 1.82) is 0 Å². The molecule has 0 atom stereocenters. The molecule has 0 bridgehead atoms. The van der Waals surface area contributed by atoms with Crippen molar-refractivity contribution in [3.05, 3.63) is 140 Å². The van der Waals surface area contributed by atoms with E-state index < -0.39 is 0 Å². The van der Waals surface area contributed by atoms with E-state index in [0.29, 0.717) is 17.5 Å². The van der Waals surface area contributed by atoms with Crippen molar-refractivity contribution in [3.63, 3.8) is 0 Å². The van der Waals surface area contributed by atoms with Crippen LogP contribution < -0.4 is 0 Å². The van der Waals surface area contributed by atoms with E-state index in [0.717, 1.165) is 16.7 Å². The van der Waals surface area contributed by atoms with Gasteiger partial charge in [-0.1, -0.05) is 127 Å². The highest BCUT2D eigenvalue weighted by Crippen LogP contribution is 2.46. The van der Waals surface area contributed by atoms with Gasteiger partial charge in [-0.2, -0.15) is 0 Å². The van der Waals surface area contributed by atoms with Crippen molar-refractivity contribution < 1.29 is 0 Å². The standard InChI is InChI=1S/C39H23N3S2/c1-3-12-24(13-4-1)37-40-38(25-14-5-2-6-15-25)42-39(41-37)32-22-11-21-31-30-20-10-19-29(35(30)44-36(31)32)28-18-9-17-27-26-16-7-8-23-33(26)43-34(27)28/h1-23H. The Morgan fingerprint density at radius 2 is 0.750 bits per heavy atom. The van der Waals surface area contributed by atoms with Crippen LogP contribution in [0.5, 0.6) is 0 Å². The molecule has 3 heterocycles. The van der Waals surface area contributed by atoms with Gasteiger partial charge in [0.1, 0.15) is 0 Å². The van der Waals surface area contributed by atoms with Crippen LogP contribution in [-0.2, 0) is 0 Å². The first kappa shape index (κ1) is 25.3. The van der Waals surface area contributed by atoms with Crippen LogP contribution in [0.25, 0.3) is 85.6 Å². The Morgan fingerprint density at radius 3 is 1.36 bits per heavy atom. The minimum absolute atomic E-state index is 0.671. The molecule has 0 saturated heterocycles. The van der Waals surface area contributed by atoms with Crippen molar-refractivity contribution in [2.75, 3.05) is 0 Å². The first-order chi connectivity index (χ1) is 21.8. The molecule has 0 unspecified atom stereocenters. The Kier molecular flexibility index (Phi) is 5.86. The summed E-state index contributed by atoms with van der Waals surface area (Å²) in [5.41, 5.74) is 5.50. The quantitative estimate of drug-likeness (QED) is 0.203. The predicted octanol–water partition coefficient (Wildman–Crippen LogP) is 11.3. The fourth-order valence-electron chi connectivity index (χ4n) is 6.10. The van der Waals surface area contributed by atoms with Gasteiger partial charge in [0.15, 0.2) is 17.5 Å². The molecule has 3 aromatic heterocycles. The maximum atomic E-state index is 5.05. The van der Waals surface area contributed by atoms with Gasteiger partial charge in [0, 0.05) is 68.2 Å². The Morgan fingerprint density at radius 1 is 0.318 bits per heavy atom. The second-order valence-electron chi connectivity index (χ2n) is 10.8. The number of fused-ring (bicyclic) bond motifs is 6. The van der Waals surface area contributed by atoms with Crippen molar-refractivity contribution in [1.82, 2.24) is 15.0 Å². The van der Waals surface area contributed by atoms with Gasteiger partial charge in [-0.15, -0.1) is 22.7 Å². The zero-order chi connectivity index (χ0) is 29.0. The number of thiophene rings is 2. The Labute approximate surface area is 261 Å². The van der Waals surface area contributed by atoms with Crippen LogP contribution >= 0.6 is 22.7 Å². The lowest BCUT2D eigenvalue weighted by molar-refractivity contribution is 1.08. The summed E-state index contributed by atoms with van der Waals surface area (Å²) in [6.07, 6.45) is 0. The van der Waals surface area contributed by atoms with E-state index in [9.17, 15) is 0 Å². The highest BCUT2D eigenvalue weighted by atomic mass is 32.1. The lowest BCUT2D eigenvalue weighted by Gasteiger charge is -2.09. The zero-order valence-electron chi connectivity index (χ0n) is 23.4. The van der Waals surface area contributed by atoms with E-state index in [1.54, 1.807) is 0 Å². The summed E-state index contributed by atoms with van der Waals surface area (Å²) < 4.78 is 5.11. The smallest absolute Gasteiger partial charge is 0.165 e. The molecule has 0 aliphatic carbocycles. The molecule has 44 heavy (non-hydrogen) atoms. The second kappa shape index (κ2) is 10.2. The first-order valence-electron chi connectivity index (χ1n) is 14.5. The van der Waals surface area contributed by atoms with E-state index in [1.807, 2.05) is 59.1 Å². The fraction of sp³-hybridized carbons (Fsp3) is 0. The molecule has 5 heteroatoms. The van der Waals surface area contributed by atoms with E-state index in [2.05, 4.69) is 103 Å². The topological polar surface area (TPSA) is 38.7 Å². The van der Waals surface area contributed by atoms with Crippen LogP contribution in [0.15, 0.2) is 140 Å². The van der Waals surface area contributed by atoms with Gasteiger partial charge in [-0.3, -0.25) is 0 Å². The van der Waals surface area contributed by atoms with Crippen LogP contribution in [0.4, 0.5) is 0 Å². The minimum atomic E-state index is 0.671. The third-order valence-corrected chi connectivity index (χ3v) is 10.7. The highest BCUT2D eigenvalue weighted by molar-refractivity contribution is 7.27. The molecular weight excluding hydrogens is 575 g/mol. The summed E-state index contributed by atoms with van der Waals surface area (Å²) in [4.78, 5) is 15.0. The van der Waals surface area contributed by atoms with Gasteiger partial charge in [0.2, 0.25) is 0 Å². The number of hydrogen-bond donors (Lipinski definition) is 0. The van der Waals surface area contributed by atoms with Crippen LogP contribution in [0.2, 0.25) is 0 Å². The third kappa shape index (κ3) is 4.05. The molecule has 3 nitrogen and oxygen atoms in total. The molecular formula is C39H23N3S2. The first-order valence-corrected chi connectivity index (χ1v) is 16.2. The second-order valence-corrected chi connectivity index (χ2v) is 12.9. The zero-order valence-corrected chi connectivity index (χ0v) is 25.1. The van der Waals surface area contributed by atoms with Crippen LogP contribution in [0, 0.1) is 0 Å². The molecule has 0 amide bonds. The lowest BCUT2D eigenvalue weighted by Crippen LogP contribution is -2.00. The van der Waals surface area contributed by atoms with Gasteiger partial charge in [0.25, 0.3) is 0 Å². The molecule has 0 aliphatic heterocycles. The summed E-state index contributed by atoms with van der Waals surface area (Å²) in [5.74, 6) is 2.03. The van der Waals surface area contributed by atoms with Gasteiger partial charge in [-0.25, -0.2) is 15.0 Å². The molecule has 0 spiro atoms. The molecule has 0 saturated carbocycles. The SMILES string of the molecule is c1ccc(-c2nc(-c3ccccc3)nc(-c3cccc4c3sc3c(-c5cccc6c5sc5ccccc56)cccc34)n2)cc1. The van der Waals surface area contributed by atoms with Crippen molar-refractivity contribution in [2.45, 2.75) is 0 Å². The summed E-state index contributed by atoms with van der Waals surface area (Å²) in [5, 5.41) is 5.10. The van der Waals surface area contributed by atoms with E-state index >= 15 is 0 Å². The molecule has 0 radical (unpaired) electrons. The maximum Gasteiger partial charge on any atom is 0.165 e. The summed E-state index contributed by atoms with van der Waals surface area (Å²) >= 11 is 3.70. The van der Waals surface area contributed by atoms with E-state index in [4.69, 9.17) is 15.0 Å². The van der Waals surface area contributed by atoms with Crippen molar-refractivity contribution in [3.8, 4) is 45.3 Å². The lowest BCUT2D eigenvalue weighted by atomic mass is 10.00. The average Bonchev–Trinajstić information content (AvgIpc) is 3.68. The molecule has 6 aromatic carbocycles. The number of rotatable bonds is 4. The molecule has 0 N–H and O–H groups in total. The molecule has 0 aliphatic rings. The predicted molar refractivity (Wildman–Crippen MR) is 187 cm³/mol. The summed E-state index contributed by atoms with van der Waals surface area (Å²) in [6.45, 7) is 0. The Hall–Kier alpha value is -5.23. The van der Waals surface area contributed by atoms with E-state index in [1.165, 1.54) is 51.5 Å². The fourth-order valence-corrected chi connectivity index (χ4v) is 8.66. The molecule has 0 fully saturated rings. The van der Waals surface area contributed by atoms with Crippen LogP contribution in [-0.4, -0.2) is 15.0 Å². The number of aromatic nitrogens is 3. The molecule has 9 aromatic rings. The molecule has 206 valence electrons. The highest BCUT2D eigenvalue weighted by Gasteiger charge is 2.19. The minimum Gasteiger partial charge on any atom is -0.208 e. The molecule has 9 rings (SSSR count).